The number of carbonyl (C=O) groups excluding carboxylic acids is 1. The maximum Gasteiger partial charge on any atom is 0.233 e. The molecule has 2 rings (SSSR count). The van der Waals surface area contributed by atoms with Gasteiger partial charge in [-0.05, 0) is 38.0 Å². The minimum Gasteiger partial charge on any atom is -0.409 e. The first-order chi connectivity index (χ1) is 9.19. The van der Waals surface area contributed by atoms with Crippen LogP contribution in [0.15, 0.2) is 5.16 Å². The Morgan fingerprint density at radius 1 is 1.37 bits per heavy atom. The summed E-state index contributed by atoms with van der Waals surface area (Å²) < 4.78 is 0. The Kier molecular flexibility index (Phi) is 4.66. The summed E-state index contributed by atoms with van der Waals surface area (Å²) in [6.45, 7) is 2.73. The number of nitrogens with two attached hydrogens (primary N) is 1. The van der Waals surface area contributed by atoms with Gasteiger partial charge in [-0.3, -0.25) is 4.79 Å². The third-order valence-electron chi connectivity index (χ3n) is 4.71. The van der Waals surface area contributed by atoms with Crippen molar-refractivity contribution in [1.29, 1.82) is 0 Å². The zero-order valence-electron chi connectivity index (χ0n) is 11.7. The van der Waals surface area contributed by atoms with Gasteiger partial charge in [0.25, 0.3) is 0 Å². The van der Waals surface area contributed by atoms with E-state index in [0.717, 1.165) is 19.4 Å². The second kappa shape index (κ2) is 6.26. The van der Waals surface area contributed by atoms with Crippen LogP contribution in [-0.4, -0.2) is 34.4 Å². The maximum absolute atomic E-state index is 12.6. The smallest absolute Gasteiger partial charge is 0.233 e. The van der Waals surface area contributed by atoms with Crippen LogP contribution < -0.4 is 5.73 Å². The zero-order chi connectivity index (χ0) is 13.8. The summed E-state index contributed by atoms with van der Waals surface area (Å²) in [4.78, 5) is 14.7. The lowest BCUT2D eigenvalue weighted by Gasteiger charge is -2.45. The summed E-state index contributed by atoms with van der Waals surface area (Å²) in [5.41, 5.74) is 5.66. The van der Waals surface area contributed by atoms with Crippen molar-refractivity contribution < 1.29 is 10.0 Å². The molecule has 0 spiro atoms. The third-order valence-corrected chi connectivity index (χ3v) is 4.71. The van der Waals surface area contributed by atoms with E-state index in [4.69, 9.17) is 10.9 Å². The van der Waals surface area contributed by atoms with Crippen LogP contribution in [0.3, 0.4) is 0 Å². The van der Waals surface area contributed by atoms with E-state index >= 15 is 0 Å². The minimum absolute atomic E-state index is 0.0467. The average molecular weight is 267 g/mol. The highest BCUT2D eigenvalue weighted by molar-refractivity contribution is 6.02. The Bertz CT molecular complexity index is 355. The van der Waals surface area contributed by atoms with Crippen LogP contribution in [0.25, 0.3) is 0 Å². The molecule has 1 aliphatic carbocycles. The Hall–Kier alpha value is -1.26. The number of nitrogens with zero attached hydrogens (tertiary/aromatic N) is 2. The molecule has 5 nitrogen and oxygen atoms in total. The number of hydrogen-bond acceptors (Lipinski definition) is 3. The van der Waals surface area contributed by atoms with Crippen molar-refractivity contribution in [2.75, 3.05) is 6.54 Å². The van der Waals surface area contributed by atoms with Crippen molar-refractivity contribution in [2.24, 2.45) is 22.7 Å². The molecule has 1 saturated heterocycles. The Morgan fingerprint density at radius 3 is 2.74 bits per heavy atom. The molecule has 5 heteroatoms. The van der Waals surface area contributed by atoms with E-state index in [-0.39, 0.29) is 11.7 Å². The molecule has 1 saturated carbocycles. The molecule has 2 aliphatic rings. The molecule has 1 unspecified atom stereocenters. The van der Waals surface area contributed by atoms with Gasteiger partial charge in [-0.25, -0.2) is 0 Å². The van der Waals surface area contributed by atoms with Crippen molar-refractivity contribution in [3.05, 3.63) is 0 Å². The Labute approximate surface area is 114 Å². The van der Waals surface area contributed by atoms with E-state index in [1.54, 1.807) is 0 Å². The van der Waals surface area contributed by atoms with E-state index in [1.165, 1.54) is 25.7 Å². The standard InChI is InChI=1S/C14H25N3O2/c1-2-11(13(15)16-19)14(18)17-9-5-7-10-6-3-4-8-12(10)17/h10-12,19H,2-9H2,1H3,(H2,15,16)/t10-,11?,12-/m1/s1. The van der Waals surface area contributed by atoms with Gasteiger partial charge in [0.05, 0.1) is 5.92 Å². The van der Waals surface area contributed by atoms with Gasteiger partial charge in [-0.15, -0.1) is 0 Å². The topological polar surface area (TPSA) is 78.9 Å². The van der Waals surface area contributed by atoms with Gasteiger partial charge in [0.15, 0.2) is 5.84 Å². The summed E-state index contributed by atoms with van der Waals surface area (Å²) in [7, 11) is 0. The van der Waals surface area contributed by atoms with Crippen LogP contribution in [0.4, 0.5) is 0 Å². The Balaban J connectivity index is 2.12. The predicted octanol–water partition coefficient (Wildman–Crippen LogP) is 1.94. The molecule has 108 valence electrons. The number of oxime groups is 1. The van der Waals surface area contributed by atoms with E-state index in [2.05, 4.69) is 5.16 Å². The lowest BCUT2D eigenvalue weighted by atomic mass is 9.78. The van der Waals surface area contributed by atoms with Crippen molar-refractivity contribution in [2.45, 2.75) is 57.9 Å². The summed E-state index contributed by atoms with van der Waals surface area (Å²) >= 11 is 0. The summed E-state index contributed by atoms with van der Waals surface area (Å²) in [6, 6.07) is 0.385. The summed E-state index contributed by atoms with van der Waals surface area (Å²) in [6.07, 6.45) is 7.78. The van der Waals surface area contributed by atoms with Gasteiger partial charge >= 0.3 is 0 Å². The molecule has 19 heavy (non-hydrogen) atoms. The van der Waals surface area contributed by atoms with E-state index in [0.29, 0.717) is 18.4 Å². The highest BCUT2D eigenvalue weighted by atomic mass is 16.4. The van der Waals surface area contributed by atoms with Gasteiger partial charge in [-0.1, -0.05) is 24.9 Å². The molecule has 1 heterocycles. The lowest BCUT2D eigenvalue weighted by molar-refractivity contribution is -0.139. The van der Waals surface area contributed by atoms with Crippen molar-refractivity contribution in [3.63, 3.8) is 0 Å². The normalized spacial score (nSPS) is 29.7. The van der Waals surface area contributed by atoms with Crippen LogP contribution in [-0.2, 0) is 4.79 Å². The number of likely N-dealkylation sites (tertiary alicyclic amines) is 1. The molecule has 0 aromatic heterocycles. The molecule has 1 aliphatic heterocycles. The predicted molar refractivity (Wildman–Crippen MR) is 73.9 cm³/mol. The van der Waals surface area contributed by atoms with Crippen LogP contribution in [0.5, 0.6) is 0 Å². The number of rotatable bonds is 3. The van der Waals surface area contributed by atoms with Crippen LogP contribution in [0.1, 0.15) is 51.9 Å². The molecule has 3 N–H and O–H groups in total. The van der Waals surface area contributed by atoms with Crippen molar-refractivity contribution in [3.8, 4) is 0 Å². The highest BCUT2D eigenvalue weighted by Gasteiger charge is 2.38. The number of amidine groups is 1. The second-order valence-electron chi connectivity index (χ2n) is 5.77. The molecular formula is C14H25N3O2. The molecule has 2 fully saturated rings. The molecule has 0 radical (unpaired) electrons. The maximum atomic E-state index is 12.6. The van der Waals surface area contributed by atoms with Gasteiger partial charge in [0.2, 0.25) is 5.91 Å². The number of amides is 1. The molecule has 0 aromatic rings. The highest BCUT2D eigenvalue weighted by Crippen LogP contribution is 2.36. The van der Waals surface area contributed by atoms with Gasteiger partial charge in [0.1, 0.15) is 0 Å². The molecule has 3 atom stereocenters. The molecule has 0 bridgehead atoms. The molecule has 0 aromatic carbocycles. The quantitative estimate of drug-likeness (QED) is 0.355. The lowest BCUT2D eigenvalue weighted by Crippen LogP contribution is -2.53. The third kappa shape index (κ3) is 2.85. The first-order valence-corrected chi connectivity index (χ1v) is 7.47. The first-order valence-electron chi connectivity index (χ1n) is 7.47. The van der Waals surface area contributed by atoms with Gasteiger partial charge < -0.3 is 15.8 Å². The second-order valence-corrected chi connectivity index (χ2v) is 5.77. The number of piperidine rings is 1. The van der Waals surface area contributed by atoms with Crippen molar-refractivity contribution >= 4 is 11.7 Å². The molecule has 1 amide bonds. The fraction of sp³-hybridized carbons (Fsp3) is 0.857. The largest absolute Gasteiger partial charge is 0.409 e. The zero-order valence-corrected chi connectivity index (χ0v) is 11.7. The van der Waals surface area contributed by atoms with Crippen LogP contribution >= 0.6 is 0 Å². The van der Waals surface area contributed by atoms with E-state index in [9.17, 15) is 4.79 Å². The average Bonchev–Trinajstić information content (AvgIpc) is 2.47. The van der Waals surface area contributed by atoms with Gasteiger partial charge in [0, 0.05) is 12.6 Å². The number of fused-ring (bicyclic) bond motifs is 1. The van der Waals surface area contributed by atoms with E-state index < -0.39 is 5.92 Å². The van der Waals surface area contributed by atoms with Crippen molar-refractivity contribution in [1.82, 2.24) is 4.90 Å². The van der Waals surface area contributed by atoms with E-state index in [1.807, 2.05) is 11.8 Å². The first kappa shape index (κ1) is 14.2. The monoisotopic (exact) mass is 267 g/mol. The summed E-state index contributed by atoms with van der Waals surface area (Å²) in [5.74, 6) is 0.293. The minimum atomic E-state index is -0.467. The number of carbonyl (C=O) groups is 1. The van der Waals surface area contributed by atoms with Crippen LogP contribution in [0, 0.1) is 11.8 Å². The Morgan fingerprint density at radius 2 is 2.05 bits per heavy atom. The molecular weight excluding hydrogens is 242 g/mol. The van der Waals surface area contributed by atoms with Crippen LogP contribution in [0.2, 0.25) is 0 Å². The fourth-order valence-electron chi connectivity index (χ4n) is 3.68. The summed E-state index contributed by atoms with van der Waals surface area (Å²) in [5, 5.41) is 11.8. The van der Waals surface area contributed by atoms with Gasteiger partial charge in [-0.2, -0.15) is 0 Å². The fourth-order valence-corrected chi connectivity index (χ4v) is 3.68. The SMILES string of the molecule is CCC(C(=O)N1CCC[C@H]2CCCC[C@H]21)C(N)=NO. The number of hydrogen-bond donors (Lipinski definition) is 2.